The van der Waals surface area contributed by atoms with E-state index in [1.54, 1.807) is 0 Å². The van der Waals surface area contributed by atoms with Crippen LogP contribution in [-0.2, 0) is 4.79 Å². The van der Waals surface area contributed by atoms with E-state index >= 15 is 0 Å². The third-order valence-electron chi connectivity index (χ3n) is 3.79. The van der Waals surface area contributed by atoms with Crippen molar-refractivity contribution in [1.82, 2.24) is 4.90 Å². The van der Waals surface area contributed by atoms with Crippen LogP contribution in [0.15, 0.2) is 0 Å². The minimum absolute atomic E-state index is 0.122. The third kappa shape index (κ3) is 1.93. The van der Waals surface area contributed by atoms with Crippen molar-refractivity contribution in [3.63, 3.8) is 0 Å². The lowest BCUT2D eigenvalue weighted by Gasteiger charge is -2.29. The number of nitrogens with zero attached hydrogens (tertiary/aromatic N) is 2. The molecule has 2 saturated carbocycles. The van der Waals surface area contributed by atoms with E-state index in [1.165, 1.54) is 0 Å². The lowest BCUT2D eigenvalue weighted by molar-refractivity contribution is -0.139. The zero-order valence-corrected chi connectivity index (χ0v) is 10.0. The van der Waals surface area contributed by atoms with Gasteiger partial charge in [-0.2, -0.15) is 5.26 Å². The molecule has 0 aromatic heterocycles. The first-order valence-corrected chi connectivity index (χ1v) is 6.46. The summed E-state index contributed by atoms with van der Waals surface area (Å²) in [5.74, 6) is 0.122. The second-order valence-electron chi connectivity index (χ2n) is 5.13. The summed E-state index contributed by atoms with van der Waals surface area (Å²) in [5, 5.41) is 9.31. The van der Waals surface area contributed by atoms with Crippen LogP contribution < -0.4 is 0 Å². The Balaban J connectivity index is 2.11. The summed E-state index contributed by atoms with van der Waals surface area (Å²) in [6.45, 7) is 2.92. The van der Waals surface area contributed by atoms with Crippen molar-refractivity contribution in [2.45, 2.75) is 57.9 Å². The van der Waals surface area contributed by atoms with Gasteiger partial charge >= 0.3 is 0 Å². The monoisotopic (exact) mass is 220 g/mol. The fourth-order valence-corrected chi connectivity index (χ4v) is 2.70. The van der Waals surface area contributed by atoms with Crippen LogP contribution >= 0.6 is 0 Å². The first kappa shape index (κ1) is 11.4. The van der Waals surface area contributed by atoms with Gasteiger partial charge in [-0.25, -0.2) is 0 Å². The van der Waals surface area contributed by atoms with Gasteiger partial charge in [0.1, 0.15) is 5.41 Å². The smallest absolute Gasteiger partial charge is 0.243 e. The van der Waals surface area contributed by atoms with Gasteiger partial charge in [-0.1, -0.05) is 19.8 Å². The van der Waals surface area contributed by atoms with Crippen LogP contribution in [0.5, 0.6) is 0 Å². The number of nitriles is 1. The molecule has 0 radical (unpaired) electrons. The van der Waals surface area contributed by atoms with Gasteiger partial charge in [-0.3, -0.25) is 4.79 Å². The molecule has 2 aliphatic rings. The zero-order chi connectivity index (χ0) is 11.6. The van der Waals surface area contributed by atoms with Gasteiger partial charge in [0.2, 0.25) is 5.91 Å². The molecule has 0 N–H and O–H groups in total. The molecule has 0 spiro atoms. The standard InChI is InChI=1S/C13H20N2O/c1-2-9-15(11-5-6-11)12(16)13(10-14)7-3-4-8-13/h11H,2-9H2,1H3. The number of hydrogen-bond donors (Lipinski definition) is 0. The largest absolute Gasteiger partial charge is 0.338 e. The zero-order valence-electron chi connectivity index (χ0n) is 10.0. The Labute approximate surface area is 97.4 Å². The van der Waals surface area contributed by atoms with E-state index in [9.17, 15) is 10.1 Å². The van der Waals surface area contributed by atoms with Crippen molar-refractivity contribution in [3.8, 4) is 6.07 Å². The van der Waals surface area contributed by atoms with Crippen LogP contribution in [0.25, 0.3) is 0 Å². The molecule has 0 aromatic rings. The molecule has 3 heteroatoms. The normalized spacial score (nSPS) is 22.8. The van der Waals surface area contributed by atoms with Crippen molar-refractivity contribution in [2.24, 2.45) is 5.41 Å². The Morgan fingerprint density at radius 3 is 2.50 bits per heavy atom. The van der Waals surface area contributed by atoms with Crippen molar-refractivity contribution >= 4 is 5.91 Å². The van der Waals surface area contributed by atoms with Crippen LogP contribution in [0.1, 0.15) is 51.9 Å². The molecule has 0 aliphatic heterocycles. The summed E-state index contributed by atoms with van der Waals surface area (Å²) in [4.78, 5) is 14.5. The Morgan fingerprint density at radius 1 is 1.44 bits per heavy atom. The lowest BCUT2D eigenvalue weighted by Crippen LogP contribution is -2.43. The minimum atomic E-state index is -0.669. The molecule has 2 aliphatic carbocycles. The number of hydrogen-bond acceptors (Lipinski definition) is 2. The average molecular weight is 220 g/mol. The van der Waals surface area contributed by atoms with Crippen LogP contribution in [0.2, 0.25) is 0 Å². The molecule has 0 aromatic carbocycles. The third-order valence-corrected chi connectivity index (χ3v) is 3.79. The van der Waals surface area contributed by atoms with E-state index < -0.39 is 5.41 Å². The van der Waals surface area contributed by atoms with Gasteiger partial charge < -0.3 is 4.90 Å². The summed E-state index contributed by atoms with van der Waals surface area (Å²) in [5.41, 5.74) is -0.669. The molecular formula is C13H20N2O. The highest BCUT2D eigenvalue weighted by Gasteiger charge is 2.46. The number of carbonyl (C=O) groups excluding carboxylic acids is 1. The molecular weight excluding hydrogens is 200 g/mol. The van der Waals surface area contributed by atoms with Crippen molar-refractivity contribution < 1.29 is 4.79 Å². The van der Waals surface area contributed by atoms with Gasteiger partial charge in [-0.05, 0) is 32.1 Å². The maximum atomic E-state index is 12.5. The van der Waals surface area contributed by atoms with Crippen molar-refractivity contribution in [1.29, 1.82) is 5.26 Å². The fourth-order valence-electron chi connectivity index (χ4n) is 2.70. The number of carbonyl (C=O) groups is 1. The van der Waals surface area contributed by atoms with Gasteiger partial charge in [0.25, 0.3) is 0 Å². The van der Waals surface area contributed by atoms with E-state index in [2.05, 4.69) is 13.0 Å². The van der Waals surface area contributed by atoms with E-state index in [0.29, 0.717) is 6.04 Å². The summed E-state index contributed by atoms with van der Waals surface area (Å²) in [7, 11) is 0. The Morgan fingerprint density at radius 2 is 2.06 bits per heavy atom. The second kappa shape index (κ2) is 4.45. The minimum Gasteiger partial charge on any atom is -0.338 e. The molecule has 2 fully saturated rings. The summed E-state index contributed by atoms with van der Waals surface area (Å²) in [6.07, 6.45) is 6.86. The Bertz CT molecular complexity index is 308. The topological polar surface area (TPSA) is 44.1 Å². The molecule has 16 heavy (non-hydrogen) atoms. The second-order valence-corrected chi connectivity index (χ2v) is 5.13. The van der Waals surface area contributed by atoms with E-state index in [4.69, 9.17) is 0 Å². The first-order valence-electron chi connectivity index (χ1n) is 6.46. The molecule has 1 amide bonds. The lowest BCUT2D eigenvalue weighted by atomic mass is 9.86. The quantitative estimate of drug-likeness (QED) is 0.730. The molecule has 0 unspecified atom stereocenters. The average Bonchev–Trinajstić information content (AvgIpc) is 3.02. The van der Waals surface area contributed by atoms with Crippen molar-refractivity contribution in [2.75, 3.05) is 6.54 Å². The van der Waals surface area contributed by atoms with Gasteiger partial charge in [0.05, 0.1) is 6.07 Å². The Hall–Kier alpha value is -1.04. The Kier molecular flexibility index (Phi) is 3.18. The number of amides is 1. The summed E-state index contributed by atoms with van der Waals surface area (Å²) in [6, 6.07) is 2.75. The molecule has 2 rings (SSSR count). The van der Waals surface area contributed by atoms with Gasteiger partial charge in [-0.15, -0.1) is 0 Å². The molecule has 0 heterocycles. The summed E-state index contributed by atoms with van der Waals surface area (Å²) >= 11 is 0. The van der Waals surface area contributed by atoms with Crippen molar-refractivity contribution in [3.05, 3.63) is 0 Å². The molecule has 3 nitrogen and oxygen atoms in total. The predicted octanol–water partition coefficient (Wildman–Crippen LogP) is 2.47. The molecule has 0 saturated heterocycles. The van der Waals surface area contributed by atoms with E-state index in [1.807, 2.05) is 4.90 Å². The van der Waals surface area contributed by atoms with Crippen LogP contribution in [-0.4, -0.2) is 23.4 Å². The predicted molar refractivity (Wildman–Crippen MR) is 61.5 cm³/mol. The van der Waals surface area contributed by atoms with Crippen LogP contribution in [0.4, 0.5) is 0 Å². The van der Waals surface area contributed by atoms with Gasteiger partial charge in [0, 0.05) is 12.6 Å². The maximum absolute atomic E-state index is 12.5. The molecule has 88 valence electrons. The fraction of sp³-hybridized carbons (Fsp3) is 0.846. The van der Waals surface area contributed by atoms with E-state index in [0.717, 1.165) is 51.5 Å². The highest BCUT2D eigenvalue weighted by molar-refractivity contribution is 5.86. The molecule has 0 bridgehead atoms. The highest BCUT2D eigenvalue weighted by Crippen LogP contribution is 2.41. The van der Waals surface area contributed by atoms with Gasteiger partial charge in [0.15, 0.2) is 0 Å². The maximum Gasteiger partial charge on any atom is 0.243 e. The van der Waals surface area contributed by atoms with E-state index in [-0.39, 0.29) is 5.91 Å². The van der Waals surface area contributed by atoms with Crippen LogP contribution in [0, 0.1) is 16.7 Å². The summed E-state index contributed by atoms with van der Waals surface area (Å²) < 4.78 is 0. The highest BCUT2D eigenvalue weighted by atomic mass is 16.2. The SMILES string of the molecule is CCCN(C(=O)C1(C#N)CCCC1)C1CC1. The first-order chi connectivity index (χ1) is 7.73. The molecule has 0 atom stereocenters. The van der Waals surface area contributed by atoms with Crippen LogP contribution in [0.3, 0.4) is 0 Å². The number of rotatable bonds is 4.